The number of halogens is 1. The minimum atomic E-state index is -0.524. The molecule has 7 nitrogen and oxygen atoms in total. The summed E-state index contributed by atoms with van der Waals surface area (Å²) in [5.41, 5.74) is 0.837. The molecule has 0 aliphatic rings. The van der Waals surface area contributed by atoms with Crippen LogP contribution in [0.1, 0.15) is 5.56 Å². The smallest absolute Gasteiger partial charge is 0.293 e. The van der Waals surface area contributed by atoms with Gasteiger partial charge in [0.1, 0.15) is 5.69 Å². The Morgan fingerprint density at radius 1 is 1.00 bits per heavy atom. The Morgan fingerprint density at radius 2 is 1.67 bits per heavy atom. The van der Waals surface area contributed by atoms with E-state index in [-0.39, 0.29) is 28.6 Å². The maximum atomic E-state index is 10.9. The number of non-ortho nitro benzene ring substituents is 1. The molecule has 8 heteroatoms. The van der Waals surface area contributed by atoms with E-state index in [2.05, 4.69) is 5.32 Å². The Kier molecular flexibility index (Phi) is 4.34. The summed E-state index contributed by atoms with van der Waals surface area (Å²) in [6.45, 7) is 0.266. The Hall–Kier alpha value is -2.67. The van der Waals surface area contributed by atoms with Crippen molar-refractivity contribution >= 4 is 28.7 Å². The summed E-state index contributed by atoms with van der Waals surface area (Å²) < 4.78 is 0. The predicted molar refractivity (Wildman–Crippen MR) is 78.5 cm³/mol. The minimum Gasteiger partial charge on any atom is -0.374 e. The number of hydrogen-bond acceptors (Lipinski definition) is 5. The first-order valence-corrected chi connectivity index (χ1v) is 6.27. The van der Waals surface area contributed by atoms with Gasteiger partial charge in [0.25, 0.3) is 11.4 Å². The standard InChI is InChI=1S/C13H10ClN3O4/c14-11-2-1-3-12(17(20)21)13(11)15-8-9-4-6-10(7-5-9)16(18)19/h1-7,15H,8H2. The van der Waals surface area contributed by atoms with E-state index in [4.69, 9.17) is 11.6 Å². The van der Waals surface area contributed by atoms with Gasteiger partial charge in [-0.05, 0) is 11.6 Å². The largest absolute Gasteiger partial charge is 0.374 e. The highest BCUT2D eigenvalue weighted by Gasteiger charge is 2.16. The van der Waals surface area contributed by atoms with Crippen molar-refractivity contribution in [2.24, 2.45) is 0 Å². The molecule has 0 radical (unpaired) electrons. The molecule has 108 valence electrons. The van der Waals surface area contributed by atoms with E-state index in [1.807, 2.05) is 0 Å². The fourth-order valence-corrected chi connectivity index (χ4v) is 2.00. The molecule has 0 spiro atoms. The van der Waals surface area contributed by atoms with Gasteiger partial charge in [0.15, 0.2) is 0 Å². The summed E-state index contributed by atoms with van der Waals surface area (Å²) in [5, 5.41) is 24.6. The van der Waals surface area contributed by atoms with Crippen LogP contribution >= 0.6 is 11.6 Å². The van der Waals surface area contributed by atoms with Crippen molar-refractivity contribution in [2.75, 3.05) is 5.32 Å². The monoisotopic (exact) mass is 307 g/mol. The van der Waals surface area contributed by atoms with Crippen molar-refractivity contribution in [1.82, 2.24) is 0 Å². The van der Waals surface area contributed by atoms with Gasteiger partial charge in [-0.25, -0.2) is 0 Å². The highest BCUT2D eigenvalue weighted by atomic mass is 35.5. The third-order valence-corrected chi connectivity index (χ3v) is 3.12. The average Bonchev–Trinajstić information content (AvgIpc) is 2.46. The second-order valence-electron chi connectivity index (χ2n) is 4.17. The number of nitro groups is 2. The summed E-state index contributed by atoms with van der Waals surface area (Å²) in [5.74, 6) is 0. The van der Waals surface area contributed by atoms with Gasteiger partial charge in [-0.15, -0.1) is 0 Å². The van der Waals surface area contributed by atoms with E-state index in [0.717, 1.165) is 5.56 Å². The van der Waals surface area contributed by atoms with Gasteiger partial charge in [0.2, 0.25) is 0 Å². The molecule has 0 saturated heterocycles. The molecular weight excluding hydrogens is 298 g/mol. The molecule has 0 unspecified atom stereocenters. The first-order valence-electron chi connectivity index (χ1n) is 5.89. The van der Waals surface area contributed by atoms with Crippen molar-refractivity contribution in [3.8, 4) is 0 Å². The van der Waals surface area contributed by atoms with Crippen LogP contribution in [0.4, 0.5) is 17.1 Å². The SMILES string of the molecule is O=[N+]([O-])c1ccc(CNc2c(Cl)cccc2[N+](=O)[O-])cc1. The topological polar surface area (TPSA) is 98.3 Å². The van der Waals surface area contributed by atoms with Gasteiger partial charge >= 0.3 is 0 Å². The van der Waals surface area contributed by atoms with Crippen molar-refractivity contribution in [1.29, 1.82) is 0 Å². The van der Waals surface area contributed by atoms with E-state index in [1.54, 1.807) is 18.2 Å². The Balaban J connectivity index is 2.16. The zero-order chi connectivity index (χ0) is 15.4. The fraction of sp³-hybridized carbons (Fsp3) is 0.0769. The van der Waals surface area contributed by atoms with Crippen LogP contribution in [0.2, 0.25) is 5.02 Å². The lowest BCUT2D eigenvalue weighted by molar-refractivity contribution is -0.384. The number of nitrogens with zero attached hydrogens (tertiary/aromatic N) is 2. The lowest BCUT2D eigenvalue weighted by atomic mass is 10.2. The minimum absolute atomic E-state index is 0.0116. The van der Waals surface area contributed by atoms with E-state index in [0.29, 0.717) is 0 Å². The molecule has 0 bridgehead atoms. The fourth-order valence-electron chi connectivity index (χ4n) is 1.77. The Bertz CT molecular complexity index is 688. The van der Waals surface area contributed by atoms with E-state index < -0.39 is 9.85 Å². The van der Waals surface area contributed by atoms with Crippen LogP contribution in [0, 0.1) is 20.2 Å². The van der Waals surface area contributed by atoms with Crippen LogP contribution in [-0.4, -0.2) is 9.85 Å². The normalized spacial score (nSPS) is 10.1. The average molecular weight is 308 g/mol. The second-order valence-corrected chi connectivity index (χ2v) is 4.58. The van der Waals surface area contributed by atoms with Crippen LogP contribution in [0.5, 0.6) is 0 Å². The molecule has 0 aliphatic heterocycles. The van der Waals surface area contributed by atoms with E-state index in [9.17, 15) is 20.2 Å². The van der Waals surface area contributed by atoms with Crippen LogP contribution in [0.25, 0.3) is 0 Å². The predicted octanol–water partition coefficient (Wildman–Crippen LogP) is 3.77. The number of anilines is 1. The molecule has 0 fully saturated rings. The Labute approximate surface area is 124 Å². The lowest BCUT2D eigenvalue weighted by Crippen LogP contribution is -2.03. The molecule has 0 heterocycles. The van der Waals surface area contributed by atoms with Gasteiger partial charge in [-0.1, -0.05) is 29.8 Å². The molecule has 21 heavy (non-hydrogen) atoms. The van der Waals surface area contributed by atoms with Crippen LogP contribution in [-0.2, 0) is 6.54 Å². The molecule has 1 N–H and O–H groups in total. The first-order chi connectivity index (χ1) is 9.99. The molecule has 0 aromatic heterocycles. The van der Waals surface area contributed by atoms with Gasteiger partial charge in [0.05, 0.1) is 14.9 Å². The molecule has 0 amide bonds. The van der Waals surface area contributed by atoms with Crippen molar-refractivity contribution < 1.29 is 9.85 Å². The van der Waals surface area contributed by atoms with Crippen LogP contribution in [0.3, 0.4) is 0 Å². The molecule has 2 rings (SSSR count). The number of rotatable bonds is 5. The third-order valence-electron chi connectivity index (χ3n) is 2.80. The maximum absolute atomic E-state index is 10.9. The first kappa shape index (κ1) is 14.7. The summed E-state index contributed by atoms with van der Waals surface area (Å²) in [7, 11) is 0. The van der Waals surface area contributed by atoms with E-state index in [1.165, 1.54) is 24.3 Å². The summed E-state index contributed by atoms with van der Waals surface area (Å²) >= 11 is 5.95. The van der Waals surface area contributed by atoms with Crippen molar-refractivity contribution in [2.45, 2.75) is 6.54 Å². The highest BCUT2D eigenvalue weighted by molar-refractivity contribution is 6.33. The molecule has 0 aliphatic carbocycles. The molecule has 2 aromatic carbocycles. The van der Waals surface area contributed by atoms with E-state index >= 15 is 0 Å². The van der Waals surface area contributed by atoms with Gasteiger partial charge in [-0.2, -0.15) is 0 Å². The molecule has 0 atom stereocenters. The second kappa shape index (κ2) is 6.19. The van der Waals surface area contributed by atoms with Gasteiger partial charge in [-0.3, -0.25) is 20.2 Å². The summed E-state index contributed by atoms with van der Waals surface area (Å²) in [6.07, 6.45) is 0. The molecule has 2 aromatic rings. The van der Waals surface area contributed by atoms with Gasteiger partial charge in [0, 0.05) is 24.7 Å². The third kappa shape index (κ3) is 3.46. The number of hydrogen-bond donors (Lipinski definition) is 1. The number of benzene rings is 2. The number of nitrogens with one attached hydrogen (secondary N) is 1. The summed E-state index contributed by atoms with van der Waals surface area (Å²) in [4.78, 5) is 20.5. The number of para-hydroxylation sites is 1. The van der Waals surface area contributed by atoms with Crippen LogP contribution in [0.15, 0.2) is 42.5 Å². The number of nitro benzene ring substituents is 2. The Morgan fingerprint density at radius 3 is 2.24 bits per heavy atom. The maximum Gasteiger partial charge on any atom is 0.293 e. The van der Waals surface area contributed by atoms with Gasteiger partial charge < -0.3 is 5.32 Å². The van der Waals surface area contributed by atoms with Crippen molar-refractivity contribution in [3.05, 3.63) is 73.3 Å². The quantitative estimate of drug-likeness (QED) is 0.669. The summed E-state index contributed by atoms with van der Waals surface area (Å²) in [6, 6.07) is 10.3. The zero-order valence-corrected chi connectivity index (χ0v) is 11.4. The molecule has 0 saturated carbocycles. The lowest BCUT2D eigenvalue weighted by Gasteiger charge is -2.08. The molecular formula is C13H10ClN3O4. The highest BCUT2D eigenvalue weighted by Crippen LogP contribution is 2.32. The van der Waals surface area contributed by atoms with Crippen molar-refractivity contribution in [3.63, 3.8) is 0 Å². The zero-order valence-electron chi connectivity index (χ0n) is 10.7. The van der Waals surface area contributed by atoms with Crippen LogP contribution < -0.4 is 5.32 Å².